The van der Waals surface area contributed by atoms with Crippen molar-refractivity contribution < 1.29 is 14.3 Å². The van der Waals surface area contributed by atoms with Gasteiger partial charge in [0.05, 0.1) is 28.8 Å². The molecule has 33 heavy (non-hydrogen) atoms. The number of rotatable bonds is 6. The molecule has 0 radical (unpaired) electrons. The fourth-order valence-electron chi connectivity index (χ4n) is 4.09. The molecule has 0 bridgehead atoms. The second-order valence-electron chi connectivity index (χ2n) is 7.86. The second kappa shape index (κ2) is 10.0. The number of nitrogens with zero attached hydrogens (tertiary/aromatic N) is 3. The van der Waals surface area contributed by atoms with Crippen LogP contribution in [0.1, 0.15) is 19.8 Å². The van der Waals surface area contributed by atoms with Crippen LogP contribution in [-0.2, 0) is 20.9 Å². The highest BCUT2D eigenvalue weighted by atomic mass is 35.5. The molecule has 1 aliphatic heterocycles. The van der Waals surface area contributed by atoms with Crippen molar-refractivity contribution in [2.75, 3.05) is 29.9 Å². The zero-order valence-corrected chi connectivity index (χ0v) is 19.0. The Morgan fingerprint density at radius 2 is 1.82 bits per heavy atom. The average molecular weight is 469 g/mol. The van der Waals surface area contributed by atoms with Crippen LogP contribution in [0.4, 0.5) is 11.5 Å². The highest BCUT2D eigenvalue weighted by molar-refractivity contribution is 6.33. The Hall–Kier alpha value is -3.39. The monoisotopic (exact) mass is 468 g/mol. The number of anilines is 2. The van der Waals surface area contributed by atoms with Gasteiger partial charge in [0.2, 0.25) is 5.91 Å². The number of para-hydroxylation sites is 2. The summed E-state index contributed by atoms with van der Waals surface area (Å²) in [4.78, 5) is 44.0. The molecule has 2 aromatic carbocycles. The zero-order chi connectivity index (χ0) is 23.4. The van der Waals surface area contributed by atoms with E-state index >= 15 is 0 Å². The maximum Gasteiger partial charge on any atom is 0.350 e. The fraction of sp³-hybridized carbons (Fsp3) is 0.333. The summed E-state index contributed by atoms with van der Waals surface area (Å²) in [6.45, 7) is 3.16. The average Bonchev–Trinajstić information content (AvgIpc) is 2.82. The number of nitrogens with one attached hydrogen (secondary N) is 1. The number of ether oxygens (including phenoxy) is 1. The van der Waals surface area contributed by atoms with Gasteiger partial charge in [-0.2, -0.15) is 4.98 Å². The minimum absolute atomic E-state index is 0.138. The van der Waals surface area contributed by atoms with Crippen molar-refractivity contribution in [1.29, 1.82) is 0 Å². The number of piperidine rings is 1. The molecule has 8 nitrogen and oxygen atoms in total. The van der Waals surface area contributed by atoms with Crippen LogP contribution in [0.15, 0.2) is 53.3 Å². The Balaban J connectivity index is 1.58. The lowest BCUT2D eigenvalue weighted by Crippen LogP contribution is -2.39. The third-order valence-corrected chi connectivity index (χ3v) is 6.06. The second-order valence-corrected chi connectivity index (χ2v) is 8.27. The van der Waals surface area contributed by atoms with E-state index in [1.807, 2.05) is 23.1 Å². The summed E-state index contributed by atoms with van der Waals surface area (Å²) in [5.41, 5.74) is 0.593. The van der Waals surface area contributed by atoms with Crippen LogP contribution in [0.2, 0.25) is 5.02 Å². The summed E-state index contributed by atoms with van der Waals surface area (Å²) in [6.07, 6.45) is 1.27. The first kappa shape index (κ1) is 22.8. The molecule has 172 valence electrons. The third kappa shape index (κ3) is 5.01. The summed E-state index contributed by atoms with van der Waals surface area (Å²) in [5.74, 6) is -0.114. The standard InChI is InChI=1S/C24H25ClN4O4/c1-2-33-23(31)16-11-13-28(14-12-16)22-17-7-3-6-10-20(17)29(24(32)27-22)15-21(30)26-19-9-5-4-8-18(19)25/h3-10,16H,2,11-15H2,1H3,(H,26,30). The molecule has 2 heterocycles. The van der Waals surface area contributed by atoms with Crippen molar-refractivity contribution in [3.63, 3.8) is 0 Å². The number of esters is 1. The Bertz CT molecular complexity index is 1230. The van der Waals surface area contributed by atoms with Gasteiger partial charge in [-0.1, -0.05) is 35.9 Å². The van der Waals surface area contributed by atoms with Crippen LogP contribution < -0.4 is 15.9 Å². The Morgan fingerprint density at radius 3 is 2.55 bits per heavy atom. The van der Waals surface area contributed by atoms with Crippen molar-refractivity contribution in [3.05, 3.63) is 64.0 Å². The molecule has 9 heteroatoms. The van der Waals surface area contributed by atoms with E-state index < -0.39 is 5.69 Å². The van der Waals surface area contributed by atoms with Gasteiger partial charge >= 0.3 is 11.7 Å². The van der Waals surface area contributed by atoms with E-state index in [0.717, 1.165) is 5.39 Å². The van der Waals surface area contributed by atoms with Gasteiger partial charge in [0, 0.05) is 18.5 Å². The first-order valence-corrected chi connectivity index (χ1v) is 11.3. The molecular formula is C24H25ClN4O4. The van der Waals surface area contributed by atoms with Crippen molar-refractivity contribution in [3.8, 4) is 0 Å². The smallest absolute Gasteiger partial charge is 0.350 e. The summed E-state index contributed by atoms with van der Waals surface area (Å²) in [5, 5.41) is 3.94. The lowest BCUT2D eigenvalue weighted by atomic mass is 9.97. The maximum absolute atomic E-state index is 13.0. The molecule has 1 N–H and O–H groups in total. The predicted octanol–water partition coefficient (Wildman–Crippen LogP) is 3.47. The molecule has 1 amide bonds. The number of hydrogen-bond donors (Lipinski definition) is 1. The number of fused-ring (bicyclic) bond motifs is 1. The third-order valence-electron chi connectivity index (χ3n) is 5.73. The molecule has 0 spiro atoms. The molecule has 0 atom stereocenters. The zero-order valence-electron chi connectivity index (χ0n) is 18.3. The molecule has 1 aromatic heterocycles. The van der Waals surface area contributed by atoms with Gasteiger partial charge < -0.3 is 15.0 Å². The predicted molar refractivity (Wildman–Crippen MR) is 128 cm³/mol. The molecule has 0 saturated carbocycles. The van der Waals surface area contributed by atoms with Crippen LogP contribution in [0, 0.1) is 5.92 Å². The van der Waals surface area contributed by atoms with Gasteiger partial charge in [0.15, 0.2) is 0 Å². The molecule has 3 aromatic rings. The van der Waals surface area contributed by atoms with Crippen molar-refractivity contribution >= 4 is 45.9 Å². The molecule has 0 unspecified atom stereocenters. The van der Waals surface area contributed by atoms with Crippen molar-refractivity contribution in [2.45, 2.75) is 26.3 Å². The maximum atomic E-state index is 13.0. The molecule has 0 aliphatic carbocycles. The largest absolute Gasteiger partial charge is 0.466 e. The van der Waals surface area contributed by atoms with Crippen LogP contribution >= 0.6 is 11.6 Å². The highest BCUT2D eigenvalue weighted by Gasteiger charge is 2.28. The SMILES string of the molecule is CCOC(=O)C1CCN(c2nc(=O)n(CC(=O)Nc3ccccc3Cl)c3ccccc23)CC1. The number of hydrogen-bond acceptors (Lipinski definition) is 6. The molecule has 4 rings (SSSR count). The van der Waals surface area contributed by atoms with E-state index in [9.17, 15) is 14.4 Å². The van der Waals surface area contributed by atoms with E-state index in [2.05, 4.69) is 10.3 Å². The first-order valence-electron chi connectivity index (χ1n) is 10.9. The number of halogens is 1. The van der Waals surface area contributed by atoms with E-state index in [1.54, 1.807) is 37.3 Å². The van der Waals surface area contributed by atoms with Crippen molar-refractivity contribution in [1.82, 2.24) is 9.55 Å². The van der Waals surface area contributed by atoms with E-state index in [-0.39, 0.29) is 24.3 Å². The first-order chi connectivity index (χ1) is 16.0. The molecule has 1 aliphatic rings. The summed E-state index contributed by atoms with van der Waals surface area (Å²) >= 11 is 6.12. The lowest BCUT2D eigenvalue weighted by Gasteiger charge is -2.32. The lowest BCUT2D eigenvalue weighted by molar-refractivity contribution is -0.148. The quantitative estimate of drug-likeness (QED) is 0.557. The number of amides is 1. The Labute approximate surface area is 196 Å². The molecular weight excluding hydrogens is 444 g/mol. The summed E-state index contributed by atoms with van der Waals surface area (Å²) in [6, 6.07) is 14.3. The topological polar surface area (TPSA) is 93.5 Å². The van der Waals surface area contributed by atoms with E-state index in [1.165, 1.54) is 4.57 Å². The fourth-order valence-corrected chi connectivity index (χ4v) is 4.27. The van der Waals surface area contributed by atoms with Gasteiger partial charge in [-0.25, -0.2) is 4.79 Å². The Morgan fingerprint density at radius 1 is 1.12 bits per heavy atom. The number of aromatic nitrogens is 2. The minimum atomic E-state index is -0.509. The van der Waals surface area contributed by atoms with Gasteiger partial charge in [0.25, 0.3) is 0 Å². The van der Waals surface area contributed by atoms with Gasteiger partial charge in [-0.05, 0) is 44.0 Å². The summed E-state index contributed by atoms with van der Waals surface area (Å²) < 4.78 is 6.50. The van der Waals surface area contributed by atoms with Gasteiger partial charge in [-0.3, -0.25) is 14.2 Å². The van der Waals surface area contributed by atoms with Crippen LogP contribution in [0.5, 0.6) is 0 Å². The number of carbonyl (C=O) groups is 2. The van der Waals surface area contributed by atoms with Crippen molar-refractivity contribution in [2.24, 2.45) is 5.92 Å². The Kier molecular flexibility index (Phi) is 6.93. The number of carbonyl (C=O) groups excluding carboxylic acids is 2. The highest BCUT2D eigenvalue weighted by Crippen LogP contribution is 2.28. The van der Waals surface area contributed by atoms with E-state index in [4.69, 9.17) is 16.3 Å². The van der Waals surface area contributed by atoms with Crippen LogP contribution in [0.25, 0.3) is 10.9 Å². The normalized spacial score (nSPS) is 14.3. The van der Waals surface area contributed by atoms with Crippen LogP contribution in [-0.4, -0.2) is 41.1 Å². The summed E-state index contributed by atoms with van der Waals surface area (Å²) in [7, 11) is 0. The van der Waals surface area contributed by atoms with Gasteiger partial charge in [-0.15, -0.1) is 0 Å². The number of benzene rings is 2. The molecule has 1 saturated heterocycles. The van der Waals surface area contributed by atoms with Crippen LogP contribution in [0.3, 0.4) is 0 Å². The molecule has 1 fully saturated rings. The van der Waals surface area contributed by atoms with Gasteiger partial charge in [0.1, 0.15) is 12.4 Å². The minimum Gasteiger partial charge on any atom is -0.466 e. The van der Waals surface area contributed by atoms with E-state index in [0.29, 0.717) is 54.6 Å².